The first-order chi connectivity index (χ1) is 26.5. The van der Waals surface area contributed by atoms with Crippen LogP contribution in [0.4, 0.5) is 4.39 Å². The molecule has 278 valence electrons. The standard InChI is InChI=1S/C46H45FO6S/c1-32-18-21-38(26-37(32)27-40-24-25-42(54-40)36-19-22-39(47)23-20-36)46(49-2)45(52-31-35-16-10-5-11-17-35)44(51-30-34-14-8-4-9-15-34)43(41(28-48)53-46)50-29-33-12-6-3-7-13-33/h3-26,41,43-45,48H,27-31H2,1-2H3/t41-,43-,44-,45+,46-/m0/s1. The molecule has 5 atom stereocenters. The third kappa shape index (κ3) is 8.72. The highest BCUT2D eigenvalue weighted by atomic mass is 32.1. The van der Waals surface area contributed by atoms with E-state index in [2.05, 4.69) is 31.2 Å². The van der Waals surface area contributed by atoms with Crippen molar-refractivity contribution in [3.63, 3.8) is 0 Å². The van der Waals surface area contributed by atoms with Crippen molar-refractivity contribution >= 4 is 11.3 Å². The summed E-state index contributed by atoms with van der Waals surface area (Å²) in [5, 5.41) is 11.0. The summed E-state index contributed by atoms with van der Waals surface area (Å²) >= 11 is 1.68. The number of ether oxygens (including phenoxy) is 5. The van der Waals surface area contributed by atoms with Crippen LogP contribution in [0.15, 0.2) is 146 Å². The number of hydrogen-bond acceptors (Lipinski definition) is 7. The molecule has 54 heavy (non-hydrogen) atoms. The molecule has 2 heterocycles. The Morgan fingerprint density at radius 3 is 1.83 bits per heavy atom. The number of aryl methyl sites for hydroxylation is 1. The normalized spacial score (nSPS) is 21.3. The van der Waals surface area contributed by atoms with Gasteiger partial charge in [-0.2, -0.15) is 0 Å². The van der Waals surface area contributed by atoms with E-state index in [0.29, 0.717) is 6.42 Å². The molecule has 0 unspecified atom stereocenters. The summed E-state index contributed by atoms with van der Waals surface area (Å²) in [5.41, 5.74) is 6.88. The van der Waals surface area contributed by atoms with Crippen molar-refractivity contribution in [2.24, 2.45) is 0 Å². The van der Waals surface area contributed by atoms with E-state index in [-0.39, 0.29) is 32.2 Å². The van der Waals surface area contributed by atoms with Crippen LogP contribution in [0, 0.1) is 12.7 Å². The predicted molar refractivity (Wildman–Crippen MR) is 209 cm³/mol. The molecule has 1 aliphatic heterocycles. The van der Waals surface area contributed by atoms with E-state index in [1.807, 2.05) is 97.1 Å². The smallest absolute Gasteiger partial charge is 0.225 e. The van der Waals surface area contributed by atoms with Crippen LogP contribution < -0.4 is 0 Å². The monoisotopic (exact) mass is 744 g/mol. The van der Waals surface area contributed by atoms with Gasteiger partial charge in [-0.1, -0.05) is 115 Å². The van der Waals surface area contributed by atoms with Gasteiger partial charge in [0.2, 0.25) is 5.79 Å². The third-order valence-corrected chi connectivity index (χ3v) is 11.1. The summed E-state index contributed by atoms with van der Waals surface area (Å²) in [4.78, 5) is 2.23. The summed E-state index contributed by atoms with van der Waals surface area (Å²) in [6, 6.07) is 46.8. The lowest BCUT2D eigenvalue weighted by Gasteiger charge is -2.52. The maximum absolute atomic E-state index is 13.6. The fourth-order valence-corrected chi connectivity index (χ4v) is 8.04. The van der Waals surface area contributed by atoms with E-state index in [9.17, 15) is 9.50 Å². The highest BCUT2D eigenvalue weighted by molar-refractivity contribution is 7.15. The Kier molecular flexibility index (Phi) is 12.4. The van der Waals surface area contributed by atoms with Crippen LogP contribution >= 0.6 is 11.3 Å². The highest BCUT2D eigenvalue weighted by Gasteiger charge is 2.58. The molecular weight excluding hydrogens is 700 g/mol. The third-order valence-electron chi connectivity index (χ3n) is 9.92. The number of benzene rings is 5. The van der Waals surface area contributed by atoms with Crippen molar-refractivity contribution < 1.29 is 33.2 Å². The first-order valence-corrected chi connectivity index (χ1v) is 19.0. The lowest BCUT2D eigenvalue weighted by molar-refractivity contribution is -0.384. The maximum Gasteiger partial charge on any atom is 0.225 e. The molecule has 1 saturated heterocycles. The van der Waals surface area contributed by atoms with Crippen molar-refractivity contribution in [1.82, 2.24) is 0 Å². The molecular formula is C46H45FO6S. The molecule has 7 rings (SSSR count). The molecule has 6 aromatic rings. The molecule has 0 amide bonds. The van der Waals surface area contributed by atoms with Crippen LogP contribution in [0.2, 0.25) is 0 Å². The summed E-state index contributed by atoms with van der Waals surface area (Å²) in [6.07, 6.45) is -2.39. The highest BCUT2D eigenvalue weighted by Crippen LogP contribution is 2.44. The first kappa shape index (κ1) is 37.8. The second-order valence-electron chi connectivity index (χ2n) is 13.5. The van der Waals surface area contributed by atoms with E-state index < -0.39 is 30.2 Å². The molecule has 0 bridgehead atoms. The number of rotatable bonds is 15. The van der Waals surface area contributed by atoms with Gasteiger partial charge in [0.05, 0.1) is 26.4 Å². The fraction of sp³-hybridized carbons (Fsp3) is 0.261. The minimum atomic E-state index is -1.48. The van der Waals surface area contributed by atoms with Crippen molar-refractivity contribution in [3.05, 3.63) is 190 Å². The molecule has 5 aromatic carbocycles. The van der Waals surface area contributed by atoms with Crippen LogP contribution in [0.1, 0.15) is 38.3 Å². The minimum absolute atomic E-state index is 0.253. The fourth-order valence-electron chi connectivity index (χ4n) is 7.01. The number of aliphatic hydroxyl groups excluding tert-OH is 1. The first-order valence-electron chi connectivity index (χ1n) is 18.2. The van der Waals surface area contributed by atoms with Gasteiger partial charge >= 0.3 is 0 Å². The Morgan fingerprint density at radius 1 is 0.685 bits per heavy atom. The lowest BCUT2D eigenvalue weighted by atomic mass is 9.85. The molecule has 0 saturated carbocycles. The predicted octanol–water partition coefficient (Wildman–Crippen LogP) is 9.40. The number of hydrogen-bond donors (Lipinski definition) is 1. The number of aliphatic hydroxyl groups is 1. The second-order valence-corrected chi connectivity index (χ2v) is 14.7. The second kappa shape index (κ2) is 17.8. The number of halogens is 1. The van der Waals surface area contributed by atoms with Gasteiger partial charge in [0.15, 0.2) is 0 Å². The molecule has 1 N–H and O–H groups in total. The van der Waals surface area contributed by atoms with Gasteiger partial charge in [-0.05, 0) is 70.6 Å². The zero-order valence-corrected chi connectivity index (χ0v) is 31.3. The Bertz CT molecular complexity index is 2060. The molecule has 0 radical (unpaired) electrons. The van der Waals surface area contributed by atoms with E-state index in [1.54, 1.807) is 30.6 Å². The van der Waals surface area contributed by atoms with Crippen LogP contribution in [-0.2, 0) is 55.7 Å². The Morgan fingerprint density at radius 2 is 1.26 bits per heavy atom. The number of thiophene rings is 1. The maximum atomic E-state index is 13.6. The van der Waals surface area contributed by atoms with Gasteiger partial charge in [-0.15, -0.1) is 11.3 Å². The van der Waals surface area contributed by atoms with Crippen LogP contribution in [0.5, 0.6) is 0 Å². The summed E-state index contributed by atoms with van der Waals surface area (Å²) in [6.45, 7) is 2.60. The summed E-state index contributed by atoms with van der Waals surface area (Å²) < 4.78 is 47.4. The molecule has 6 nitrogen and oxygen atoms in total. The van der Waals surface area contributed by atoms with Crippen LogP contribution in [-0.4, -0.2) is 43.2 Å². The average Bonchev–Trinajstić information content (AvgIpc) is 3.69. The zero-order chi connectivity index (χ0) is 37.3. The van der Waals surface area contributed by atoms with Crippen molar-refractivity contribution in [3.8, 4) is 10.4 Å². The topological polar surface area (TPSA) is 66.4 Å². The quantitative estimate of drug-likeness (QED) is 0.113. The van der Waals surface area contributed by atoms with E-state index >= 15 is 0 Å². The van der Waals surface area contributed by atoms with Crippen molar-refractivity contribution in [2.45, 2.75) is 63.4 Å². The largest absolute Gasteiger partial charge is 0.394 e. The van der Waals surface area contributed by atoms with E-state index in [4.69, 9.17) is 23.7 Å². The van der Waals surface area contributed by atoms with E-state index in [0.717, 1.165) is 48.7 Å². The zero-order valence-electron chi connectivity index (χ0n) is 30.5. The van der Waals surface area contributed by atoms with Gasteiger partial charge in [-0.25, -0.2) is 4.39 Å². The molecule has 1 fully saturated rings. The Balaban J connectivity index is 1.27. The molecule has 8 heteroatoms. The minimum Gasteiger partial charge on any atom is -0.394 e. The van der Waals surface area contributed by atoms with Gasteiger partial charge in [0.1, 0.15) is 30.2 Å². The van der Waals surface area contributed by atoms with Gasteiger partial charge < -0.3 is 28.8 Å². The summed E-state index contributed by atoms with van der Waals surface area (Å²) in [5.74, 6) is -1.73. The number of methoxy groups -OCH3 is 1. The molecule has 1 aliphatic rings. The van der Waals surface area contributed by atoms with Crippen molar-refractivity contribution in [1.29, 1.82) is 0 Å². The SMILES string of the molecule is CO[C@@]1(c2ccc(C)c(Cc3ccc(-c4ccc(F)cc4)s3)c2)O[C@@H](CO)[C@H](OCc2ccccc2)[C@H](OCc2ccccc2)[C@H]1OCc1ccccc1. The molecule has 1 aromatic heterocycles. The van der Waals surface area contributed by atoms with Gasteiger partial charge in [0, 0.05) is 28.8 Å². The Hall–Kier alpha value is -4.51. The molecule has 0 spiro atoms. The van der Waals surface area contributed by atoms with Crippen molar-refractivity contribution in [2.75, 3.05) is 13.7 Å². The average molecular weight is 745 g/mol. The Labute approximate surface area is 320 Å². The van der Waals surface area contributed by atoms with Crippen LogP contribution in [0.25, 0.3) is 10.4 Å². The summed E-state index contributed by atoms with van der Waals surface area (Å²) in [7, 11) is 1.61. The van der Waals surface area contributed by atoms with Gasteiger partial charge in [-0.3, -0.25) is 0 Å². The molecule has 0 aliphatic carbocycles. The lowest BCUT2D eigenvalue weighted by Crippen LogP contribution is -2.66. The van der Waals surface area contributed by atoms with E-state index in [1.165, 1.54) is 12.1 Å². The van der Waals surface area contributed by atoms with Crippen LogP contribution in [0.3, 0.4) is 0 Å². The van der Waals surface area contributed by atoms with Gasteiger partial charge in [0.25, 0.3) is 0 Å².